The standard InChI is InChI=1S/C22H28N2O4/c1-17-7-4-5-8-18(17)28-16-15-23-11-13-24(14-12-23)22(25)21-19(26-2)9-6-10-20(21)27-3/h4-10H,11-16H2,1-3H3. The summed E-state index contributed by atoms with van der Waals surface area (Å²) in [5, 5.41) is 0. The second-order valence-electron chi connectivity index (χ2n) is 6.79. The number of benzene rings is 2. The van der Waals surface area contributed by atoms with Gasteiger partial charge in [0.25, 0.3) is 5.91 Å². The van der Waals surface area contributed by atoms with Crippen molar-refractivity contribution in [2.24, 2.45) is 0 Å². The largest absolute Gasteiger partial charge is 0.496 e. The molecule has 0 bridgehead atoms. The number of amides is 1. The number of rotatable bonds is 7. The summed E-state index contributed by atoms with van der Waals surface area (Å²) in [6, 6.07) is 13.4. The van der Waals surface area contributed by atoms with Gasteiger partial charge in [0.05, 0.1) is 14.2 Å². The van der Waals surface area contributed by atoms with E-state index in [1.54, 1.807) is 26.4 Å². The van der Waals surface area contributed by atoms with Gasteiger partial charge in [0, 0.05) is 32.7 Å². The first-order valence-corrected chi connectivity index (χ1v) is 9.55. The topological polar surface area (TPSA) is 51.2 Å². The Labute approximate surface area is 166 Å². The molecule has 150 valence electrons. The van der Waals surface area contributed by atoms with Crippen LogP contribution in [0.4, 0.5) is 0 Å². The number of hydrogen-bond donors (Lipinski definition) is 0. The molecule has 0 N–H and O–H groups in total. The van der Waals surface area contributed by atoms with E-state index in [9.17, 15) is 4.79 Å². The molecule has 0 aliphatic carbocycles. The van der Waals surface area contributed by atoms with Gasteiger partial charge in [-0.1, -0.05) is 24.3 Å². The minimum atomic E-state index is -0.0508. The van der Waals surface area contributed by atoms with Crippen molar-refractivity contribution in [2.45, 2.75) is 6.92 Å². The zero-order valence-electron chi connectivity index (χ0n) is 16.8. The first-order valence-electron chi connectivity index (χ1n) is 9.55. The van der Waals surface area contributed by atoms with Gasteiger partial charge >= 0.3 is 0 Å². The van der Waals surface area contributed by atoms with Gasteiger partial charge < -0.3 is 19.1 Å². The van der Waals surface area contributed by atoms with Crippen LogP contribution in [0.1, 0.15) is 15.9 Å². The molecular weight excluding hydrogens is 356 g/mol. The third kappa shape index (κ3) is 4.57. The van der Waals surface area contributed by atoms with Crippen LogP contribution in [-0.4, -0.2) is 69.3 Å². The van der Waals surface area contributed by atoms with E-state index in [0.717, 1.165) is 30.9 Å². The number of para-hydroxylation sites is 1. The van der Waals surface area contributed by atoms with Crippen LogP contribution in [0.3, 0.4) is 0 Å². The number of nitrogens with zero attached hydrogens (tertiary/aromatic N) is 2. The molecule has 0 atom stereocenters. The molecular formula is C22H28N2O4. The number of carbonyl (C=O) groups excluding carboxylic acids is 1. The van der Waals surface area contributed by atoms with Crippen LogP contribution in [0.15, 0.2) is 42.5 Å². The number of piperazine rings is 1. The lowest BCUT2D eigenvalue weighted by Gasteiger charge is -2.35. The molecule has 0 saturated carbocycles. The van der Waals surface area contributed by atoms with E-state index in [2.05, 4.69) is 4.90 Å². The zero-order valence-corrected chi connectivity index (χ0v) is 16.8. The van der Waals surface area contributed by atoms with Crippen LogP contribution in [0.2, 0.25) is 0 Å². The monoisotopic (exact) mass is 384 g/mol. The van der Waals surface area contributed by atoms with Crippen molar-refractivity contribution in [3.63, 3.8) is 0 Å². The molecule has 0 unspecified atom stereocenters. The smallest absolute Gasteiger partial charge is 0.261 e. The number of ether oxygens (including phenoxy) is 3. The molecule has 1 aliphatic rings. The van der Waals surface area contributed by atoms with Crippen molar-refractivity contribution in [1.82, 2.24) is 9.80 Å². The van der Waals surface area contributed by atoms with E-state index in [1.807, 2.05) is 42.2 Å². The van der Waals surface area contributed by atoms with Crippen LogP contribution >= 0.6 is 0 Å². The van der Waals surface area contributed by atoms with Crippen molar-refractivity contribution in [3.05, 3.63) is 53.6 Å². The molecule has 28 heavy (non-hydrogen) atoms. The van der Waals surface area contributed by atoms with Crippen molar-refractivity contribution < 1.29 is 19.0 Å². The average molecular weight is 384 g/mol. The van der Waals surface area contributed by atoms with Crippen LogP contribution < -0.4 is 14.2 Å². The van der Waals surface area contributed by atoms with Gasteiger partial charge in [-0.3, -0.25) is 9.69 Å². The van der Waals surface area contributed by atoms with Crippen molar-refractivity contribution in [2.75, 3.05) is 53.6 Å². The number of carbonyl (C=O) groups is 1. The van der Waals surface area contributed by atoms with Crippen molar-refractivity contribution in [1.29, 1.82) is 0 Å². The lowest BCUT2D eigenvalue weighted by atomic mass is 10.1. The van der Waals surface area contributed by atoms with Gasteiger partial charge in [0.15, 0.2) is 0 Å². The summed E-state index contributed by atoms with van der Waals surface area (Å²) in [5.74, 6) is 1.96. The molecule has 1 fully saturated rings. The van der Waals surface area contributed by atoms with Gasteiger partial charge in [-0.2, -0.15) is 0 Å². The van der Waals surface area contributed by atoms with Gasteiger partial charge in [-0.25, -0.2) is 0 Å². The number of aryl methyl sites for hydroxylation is 1. The summed E-state index contributed by atoms with van der Waals surface area (Å²) >= 11 is 0. The Morgan fingerprint density at radius 1 is 0.893 bits per heavy atom. The molecule has 1 aliphatic heterocycles. The maximum absolute atomic E-state index is 13.0. The molecule has 0 aromatic heterocycles. The third-order valence-electron chi connectivity index (χ3n) is 5.06. The fourth-order valence-electron chi connectivity index (χ4n) is 3.40. The van der Waals surface area contributed by atoms with Crippen LogP contribution in [0, 0.1) is 6.92 Å². The predicted octanol–water partition coefficient (Wildman–Crippen LogP) is 2.85. The molecule has 6 nitrogen and oxygen atoms in total. The minimum Gasteiger partial charge on any atom is -0.496 e. The van der Waals surface area contributed by atoms with Crippen LogP contribution in [0.5, 0.6) is 17.2 Å². The molecule has 3 rings (SSSR count). The molecule has 0 spiro atoms. The van der Waals surface area contributed by atoms with E-state index >= 15 is 0 Å². The number of hydrogen-bond acceptors (Lipinski definition) is 5. The highest BCUT2D eigenvalue weighted by atomic mass is 16.5. The molecule has 2 aromatic rings. The molecule has 6 heteroatoms. The molecule has 0 radical (unpaired) electrons. The summed E-state index contributed by atoms with van der Waals surface area (Å²) in [5.41, 5.74) is 1.63. The van der Waals surface area contributed by atoms with Gasteiger partial charge in [-0.05, 0) is 30.7 Å². The summed E-state index contributed by atoms with van der Waals surface area (Å²) in [6.45, 7) is 6.51. The Morgan fingerprint density at radius 3 is 2.11 bits per heavy atom. The third-order valence-corrected chi connectivity index (χ3v) is 5.06. The second kappa shape index (κ2) is 9.46. The Bertz CT molecular complexity index is 779. The van der Waals surface area contributed by atoms with Gasteiger partial charge in [-0.15, -0.1) is 0 Å². The fraction of sp³-hybridized carbons (Fsp3) is 0.409. The quantitative estimate of drug-likeness (QED) is 0.735. The van der Waals surface area contributed by atoms with Crippen LogP contribution in [0.25, 0.3) is 0 Å². The summed E-state index contributed by atoms with van der Waals surface area (Å²) < 4.78 is 16.6. The van der Waals surface area contributed by atoms with E-state index in [-0.39, 0.29) is 5.91 Å². The second-order valence-corrected chi connectivity index (χ2v) is 6.79. The lowest BCUT2D eigenvalue weighted by molar-refractivity contribution is 0.0613. The van der Waals surface area contributed by atoms with E-state index in [0.29, 0.717) is 36.8 Å². The Kier molecular flexibility index (Phi) is 6.76. The summed E-state index contributed by atoms with van der Waals surface area (Å²) in [7, 11) is 3.13. The lowest BCUT2D eigenvalue weighted by Crippen LogP contribution is -2.49. The highest BCUT2D eigenvalue weighted by molar-refractivity contribution is 5.99. The van der Waals surface area contributed by atoms with E-state index < -0.39 is 0 Å². The highest BCUT2D eigenvalue weighted by Gasteiger charge is 2.26. The molecule has 1 heterocycles. The average Bonchev–Trinajstić information content (AvgIpc) is 2.74. The summed E-state index contributed by atoms with van der Waals surface area (Å²) in [4.78, 5) is 17.2. The number of methoxy groups -OCH3 is 2. The Balaban J connectivity index is 1.53. The zero-order chi connectivity index (χ0) is 19.9. The van der Waals surface area contributed by atoms with Gasteiger partial charge in [0.2, 0.25) is 0 Å². The molecule has 1 saturated heterocycles. The normalized spacial score (nSPS) is 14.6. The van der Waals surface area contributed by atoms with Crippen molar-refractivity contribution >= 4 is 5.91 Å². The predicted molar refractivity (Wildman–Crippen MR) is 109 cm³/mol. The summed E-state index contributed by atoms with van der Waals surface area (Å²) in [6.07, 6.45) is 0. The minimum absolute atomic E-state index is 0.0508. The molecule has 1 amide bonds. The van der Waals surface area contributed by atoms with Gasteiger partial charge in [0.1, 0.15) is 29.4 Å². The maximum Gasteiger partial charge on any atom is 0.261 e. The maximum atomic E-state index is 13.0. The molecule has 2 aromatic carbocycles. The van der Waals surface area contributed by atoms with Crippen molar-refractivity contribution in [3.8, 4) is 17.2 Å². The van der Waals surface area contributed by atoms with E-state index in [1.165, 1.54) is 0 Å². The first-order chi connectivity index (χ1) is 13.6. The SMILES string of the molecule is COc1cccc(OC)c1C(=O)N1CCN(CCOc2ccccc2C)CC1. The highest BCUT2D eigenvalue weighted by Crippen LogP contribution is 2.29. The Morgan fingerprint density at radius 2 is 1.50 bits per heavy atom. The van der Waals surface area contributed by atoms with Crippen LogP contribution in [-0.2, 0) is 0 Å². The Hall–Kier alpha value is -2.73. The first kappa shape index (κ1) is 20.0. The fourth-order valence-corrected chi connectivity index (χ4v) is 3.40. The van der Waals surface area contributed by atoms with E-state index in [4.69, 9.17) is 14.2 Å².